The van der Waals surface area contributed by atoms with Crippen LogP contribution in [0.3, 0.4) is 0 Å². The first-order valence-electron chi connectivity index (χ1n) is 4.70. The summed E-state index contributed by atoms with van der Waals surface area (Å²) in [7, 11) is 2.69. The number of hydrogen-bond acceptors (Lipinski definition) is 7. The van der Waals surface area contributed by atoms with Crippen molar-refractivity contribution in [1.82, 2.24) is 5.01 Å². The van der Waals surface area contributed by atoms with E-state index in [2.05, 4.69) is 24.8 Å². The number of carboxylic acid groups (broad SMARTS) is 1. The van der Waals surface area contributed by atoms with E-state index in [9.17, 15) is 9.59 Å². The molecule has 0 amide bonds. The molecule has 0 rings (SSSR count). The molecule has 9 heteroatoms. The van der Waals surface area contributed by atoms with Gasteiger partial charge in [0.25, 0.3) is 6.29 Å². The Labute approximate surface area is 97.9 Å². The predicted octanol–water partition coefficient (Wildman–Crippen LogP) is 0.821. The van der Waals surface area contributed by atoms with Gasteiger partial charge in [0.15, 0.2) is 0 Å². The van der Waals surface area contributed by atoms with Crippen LogP contribution in [0.1, 0.15) is 13.3 Å². The second-order valence-corrected chi connectivity index (χ2v) is 2.94. The molecule has 0 spiro atoms. The maximum absolute atomic E-state index is 10.6. The molecular weight excluding hydrogens is 234 g/mol. The molecule has 0 aliphatic carbocycles. The molecule has 0 aromatic heterocycles. The van der Waals surface area contributed by atoms with Crippen LogP contribution in [0.25, 0.3) is 0 Å². The van der Waals surface area contributed by atoms with E-state index in [1.807, 2.05) is 0 Å². The van der Waals surface area contributed by atoms with E-state index in [4.69, 9.17) is 5.11 Å². The highest BCUT2D eigenvalue weighted by Crippen LogP contribution is 1.98. The molecule has 1 unspecified atom stereocenters. The zero-order chi connectivity index (χ0) is 13.3. The summed E-state index contributed by atoms with van der Waals surface area (Å²) in [6, 6.07) is 0. The van der Waals surface area contributed by atoms with Crippen molar-refractivity contribution in [2.45, 2.75) is 19.6 Å². The van der Waals surface area contributed by atoms with E-state index in [1.54, 1.807) is 0 Å². The van der Waals surface area contributed by atoms with Crippen LogP contribution in [0.5, 0.6) is 0 Å². The van der Waals surface area contributed by atoms with Gasteiger partial charge < -0.3 is 19.4 Å². The number of nitrogens with zero attached hydrogens (tertiary/aromatic N) is 3. The maximum Gasteiger partial charge on any atom is 0.511 e. The minimum atomic E-state index is -0.945. The summed E-state index contributed by atoms with van der Waals surface area (Å²) in [5, 5.41) is 16.4. The van der Waals surface area contributed by atoms with Gasteiger partial charge in [-0.3, -0.25) is 9.80 Å². The number of ether oxygens (including phenoxy) is 2. The van der Waals surface area contributed by atoms with Crippen molar-refractivity contribution in [3.63, 3.8) is 0 Å². The molecule has 98 valence electrons. The molecule has 1 atom stereocenters. The molecule has 0 aliphatic rings. The number of rotatable bonds is 7. The minimum Gasteiger partial charge on any atom is -0.481 e. The molecule has 0 radical (unpaired) electrons. The molecule has 0 aromatic carbocycles. The summed E-state index contributed by atoms with van der Waals surface area (Å²) in [6.45, 7) is 1.61. The van der Waals surface area contributed by atoms with Crippen molar-refractivity contribution >= 4 is 12.1 Å². The highest BCUT2D eigenvalue weighted by atomic mass is 16.8. The third-order valence-electron chi connectivity index (χ3n) is 1.46. The van der Waals surface area contributed by atoms with Crippen molar-refractivity contribution in [2.75, 3.05) is 20.7 Å². The van der Waals surface area contributed by atoms with Gasteiger partial charge in [-0.1, -0.05) is 0 Å². The third-order valence-corrected chi connectivity index (χ3v) is 1.46. The summed E-state index contributed by atoms with van der Waals surface area (Å²) in [5.74, 6) is -0.935. The van der Waals surface area contributed by atoms with E-state index >= 15 is 0 Å². The van der Waals surface area contributed by atoms with Crippen molar-refractivity contribution < 1.29 is 29.0 Å². The molecule has 0 heterocycles. The van der Waals surface area contributed by atoms with Gasteiger partial charge in [-0.2, -0.15) is 0 Å². The second-order valence-electron chi connectivity index (χ2n) is 2.94. The van der Waals surface area contributed by atoms with Gasteiger partial charge in [0, 0.05) is 25.8 Å². The molecule has 9 nitrogen and oxygen atoms in total. The third kappa shape index (κ3) is 8.90. The molecular formula is C8H15N3O6. The van der Waals surface area contributed by atoms with Crippen LogP contribution in [-0.4, -0.2) is 49.2 Å². The molecule has 0 saturated heterocycles. The van der Waals surface area contributed by atoms with Crippen LogP contribution >= 0.6 is 0 Å². The summed E-state index contributed by atoms with van der Waals surface area (Å²) < 4.78 is 8.75. The minimum absolute atomic E-state index is 0.0657. The monoisotopic (exact) mass is 249 g/mol. The highest BCUT2D eigenvalue weighted by Gasteiger charge is 2.09. The SMILES string of the molecule is COC(=O)OC(C)O/N=N\N(C)CCC(=O)O. The molecule has 1 N–H and O–H groups in total. The predicted molar refractivity (Wildman–Crippen MR) is 53.8 cm³/mol. The van der Waals surface area contributed by atoms with Gasteiger partial charge in [-0.05, 0) is 5.22 Å². The van der Waals surface area contributed by atoms with Crippen molar-refractivity contribution in [3.05, 3.63) is 0 Å². The Morgan fingerprint density at radius 3 is 2.65 bits per heavy atom. The van der Waals surface area contributed by atoms with E-state index in [-0.39, 0.29) is 13.0 Å². The fourth-order valence-electron chi connectivity index (χ4n) is 0.657. The van der Waals surface area contributed by atoms with Gasteiger partial charge in [0.1, 0.15) is 0 Å². The van der Waals surface area contributed by atoms with Gasteiger partial charge in [-0.15, -0.1) is 0 Å². The number of carbonyl (C=O) groups is 2. The number of carbonyl (C=O) groups excluding carboxylic acids is 1. The maximum atomic E-state index is 10.6. The van der Waals surface area contributed by atoms with Gasteiger partial charge >= 0.3 is 12.1 Å². The summed E-state index contributed by atoms with van der Waals surface area (Å²) in [6.07, 6.45) is -1.91. The lowest BCUT2D eigenvalue weighted by molar-refractivity contribution is -0.137. The Morgan fingerprint density at radius 2 is 2.12 bits per heavy atom. The van der Waals surface area contributed by atoms with Gasteiger partial charge in [0.05, 0.1) is 13.5 Å². The summed E-state index contributed by atoms with van der Waals surface area (Å²) >= 11 is 0. The van der Waals surface area contributed by atoms with E-state index in [0.29, 0.717) is 0 Å². The Morgan fingerprint density at radius 1 is 1.47 bits per heavy atom. The molecule has 17 heavy (non-hydrogen) atoms. The zero-order valence-corrected chi connectivity index (χ0v) is 9.82. The van der Waals surface area contributed by atoms with E-state index < -0.39 is 18.4 Å². The van der Waals surface area contributed by atoms with Crippen LogP contribution in [0, 0.1) is 0 Å². The molecule has 0 saturated carbocycles. The molecule has 0 aliphatic heterocycles. The lowest BCUT2D eigenvalue weighted by Gasteiger charge is -2.11. The average Bonchev–Trinajstić information content (AvgIpc) is 2.26. The summed E-state index contributed by atoms with van der Waals surface area (Å²) in [4.78, 5) is 25.5. The Bertz CT molecular complexity index is 282. The fraction of sp³-hybridized carbons (Fsp3) is 0.750. The topological polar surface area (TPSA) is 110 Å². The number of carboxylic acids is 1. The second kappa shape index (κ2) is 8.13. The zero-order valence-electron chi connectivity index (χ0n) is 9.82. The van der Waals surface area contributed by atoms with Crippen LogP contribution in [-0.2, 0) is 19.1 Å². The number of hydrogen-bond donors (Lipinski definition) is 1. The highest BCUT2D eigenvalue weighted by molar-refractivity contribution is 5.66. The fourth-order valence-corrected chi connectivity index (χ4v) is 0.657. The van der Waals surface area contributed by atoms with Crippen LogP contribution in [0.2, 0.25) is 0 Å². The van der Waals surface area contributed by atoms with Crippen LogP contribution in [0.4, 0.5) is 4.79 Å². The smallest absolute Gasteiger partial charge is 0.481 e. The first kappa shape index (κ1) is 14.9. The Kier molecular flexibility index (Phi) is 7.15. The first-order valence-corrected chi connectivity index (χ1v) is 4.70. The lowest BCUT2D eigenvalue weighted by Crippen LogP contribution is -2.17. The van der Waals surface area contributed by atoms with Crippen LogP contribution in [0.15, 0.2) is 10.5 Å². The Balaban J connectivity index is 3.77. The van der Waals surface area contributed by atoms with Crippen molar-refractivity contribution in [2.24, 2.45) is 10.5 Å². The van der Waals surface area contributed by atoms with E-state index in [1.165, 1.54) is 19.0 Å². The average molecular weight is 249 g/mol. The van der Waals surface area contributed by atoms with Crippen molar-refractivity contribution in [1.29, 1.82) is 0 Å². The quantitative estimate of drug-likeness (QED) is 0.308. The largest absolute Gasteiger partial charge is 0.511 e. The normalized spacial score (nSPS) is 11.9. The summed E-state index contributed by atoms with van der Waals surface area (Å²) in [5.41, 5.74) is 0. The van der Waals surface area contributed by atoms with Crippen LogP contribution < -0.4 is 0 Å². The van der Waals surface area contributed by atoms with Crippen molar-refractivity contribution in [3.8, 4) is 0 Å². The first-order chi connectivity index (χ1) is 7.95. The molecule has 0 aromatic rings. The molecule has 0 bridgehead atoms. The number of methoxy groups -OCH3 is 1. The van der Waals surface area contributed by atoms with Gasteiger partial charge in [-0.25, -0.2) is 4.79 Å². The molecule has 0 fully saturated rings. The van der Waals surface area contributed by atoms with E-state index in [0.717, 1.165) is 7.11 Å². The number of aliphatic carboxylic acids is 1. The van der Waals surface area contributed by atoms with Gasteiger partial charge in [0.2, 0.25) is 0 Å². The standard InChI is InChI=1S/C8H15N3O6/c1-6(16-8(14)15-3)17-10-9-11(2)5-4-7(12)13/h6H,4-5H2,1-3H3,(H,12,13)/b10-9-. The Hall–Kier alpha value is -2.06. The lowest BCUT2D eigenvalue weighted by atomic mass is 10.4.